The van der Waals surface area contributed by atoms with Gasteiger partial charge in [-0.2, -0.15) is 0 Å². The Morgan fingerprint density at radius 2 is 1.77 bits per heavy atom. The highest BCUT2D eigenvalue weighted by Gasteiger charge is 2.06. The summed E-state index contributed by atoms with van der Waals surface area (Å²) in [4.78, 5) is 22.6. The van der Waals surface area contributed by atoms with E-state index >= 15 is 0 Å². The van der Waals surface area contributed by atoms with Gasteiger partial charge in [0.2, 0.25) is 5.91 Å². The molecule has 2 rings (SSSR count). The van der Waals surface area contributed by atoms with E-state index in [4.69, 9.17) is 10.5 Å². The van der Waals surface area contributed by atoms with Gasteiger partial charge in [0, 0.05) is 17.7 Å². The van der Waals surface area contributed by atoms with Crippen molar-refractivity contribution >= 4 is 11.8 Å². The van der Waals surface area contributed by atoms with E-state index in [-0.39, 0.29) is 24.9 Å². The van der Waals surface area contributed by atoms with Crippen LogP contribution in [-0.2, 0) is 11.3 Å². The number of halogens is 1. The number of nitrogens with two attached hydrogens (primary N) is 1. The molecule has 0 heterocycles. The summed E-state index contributed by atoms with van der Waals surface area (Å²) in [5, 5.41) is 2.56. The summed E-state index contributed by atoms with van der Waals surface area (Å²) in [6.07, 6.45) is 0. The molecule has 2 aromatic rings. The Hall–Kier alpha value is -2.89. The zero-order valence-corrected chi connectivity index (χ0v) is 11.7. The van der Waals surface area contributed by atoms with E-state index in [0.717, 1.165) is 0 Å². The maximum atomic E-state index is 13.4. The number of rotatable bonds is 6. The van der Waals surface area contributed by atoms with Crippen LogP contribution in [0.2, 0.25) is 0 Å². The minimum Gasteiger partial charge on any atom is -0.484 e. The van der Waals surface area contributed by atoms with Crippen molar-refractivity contribution in [3.05, 3.63) is 65.5 Å². The zero-order chi connectivity index (χ0) is 15.9. The van der Waals surface area contributed by atoms with Crippen molar-refractivity contribution in [1.82, 2.24) is 5.32 Å². The van der Waals surface area contributed by atoms with Gasteiger partial charge < -0.3 is 15.8 Å². The minimum atomic E-state index is -0.533. The molecule has 3 N–H and O–H groups in total. The van der Waals surface area contributed by atoms with E-state index in [1.807, 2.05) is 0 Å². The van der Waals surface area contributed by atoms with E-state index in [2.05, 4.69) is 5.32 Å². The molecule has 6 heteroatoms. The molecular formula is C16H15FN2O3. The quantitative estimate of drug-likeness (QED) is 0.850. The van der Waals surface area contributed by atoms with Crippen LogP contribution in [0.1, 0.15) is 15.9 Å². The lowest BCUT2D eigenvalue weighted by molar-refractivity contribution is -0.123. The van der Waals surface area contributed by atoms with E-state index < -0.39 is 5.91 Å². The first-order valence-corrected chi connectivity index (χ1v) is 6.59. The maximum Gasteiger partial charge on any atom is 0.258 e. The fraction of sp³-hybridized carbons (Fsp3) is 0.125. The highest BCUT2D eigenvalue weighted by Crippen LogP contribution is 2.11. The topological polar surface area (TPSA) is 81.4 Å². The lowest BCUT2D eigenvalue weighted by Crippen LogP contribution is -2.28. The van der Waals surface area contributed by atoms with Crippen molar-refractivity contribution < 1.29 is 18.7 Å². The number of hydrogen-bond acceptors (Lipinski definition) is 3. The zero-order valence-electron chi connectivity index (χ0n) is 11.7. The molecule has 0 fully saturated rings. The van der Waals surface area contributed by atoms with Gasteiger partial charge in [0.1, 0.15) is 11.6 Å². The van der Waals surface area contributed by atoms with Crippen molar-refractivity contribution in [1.29, 1.82) is 0 Å². The summed E-state index contributed by atoms with van der Waals surface area (Å²) in [6.45, 7) is -0.111. The lowest BCUT2D eigenvalue weighted by atomic mass is 10.2. The monoisotopic (exact) mass is 302 g/mol. The number of ether oxygens (including phenoxy) is 1. The van der Waals surface area contributed by atoms with Crippen LogP contribution in [0.4, 0.5) is 4.39 Å². The molecule has 114 valence electrons. The largest absolute Gasteiger partial charge is 0.484 e. The van der Waals surface area contributed by atoms with Crippen molar-refractivity contribution in [2.45, 2.75) is 6.54 Å². The van der Waals surface area contributed by atoms with Crippen LogP contribution in [0.5, 0.6) is 5.75 Å². The van der Waals surface area contributed by atoms with E-state index in [9.17, 15) is 14.0 Å². The molecule has 0 aliphatic carbocycles. The first-order chi connectivity index (χ1) is 10.6. The Bertz CT molecular complexity index is 671. The SMILES string of the molecule is NC(=O)c1ccc(OCC(=O)NCc2ccccc2F)cc1. The molecule has 0 aliphatic rings. The molecule has 2 aromatic carbocycles. The second-order valence-corrected chi connectivity index (χ2v) is 4.55. The van der Waals surface area contributed by atoms with Crippen molar-refractivity contribution in [2.75, 3.05) is 6.61 Å². The van der Waals surface area contributed by atoms with E-state index in [1.165, 1.54) is 18.2 Å². The fourth-order valence-electron chi connectivity index (χ4n) is 1.75. The second-order valence-electron chi connectivity index (χ2n) is 4.55. The van der Waals surface area contributed by atoms with Gasteiger partial charge in [-0.05, 0) is 30.3 Å². The summed E-state index contributed by atoms with van der Waals surface area (Å²) in [5.74, 6) is -0.840. The number of hydrogen-bond donors (Lipinski definition) is 2. The van der Waals surface area contributed by atoms with Crippen LogP contribution in [0, 0.1) is 5.82 Å². The molecule has 0 aromatic heterocycles. The first-order valence-electron chi connectivity index (χ1n) is 6.59. The van der Waals surface area contributed by atoms with Crippen molar-refractivity contribution in [2.24, 2.45) is 5.73 Å². The van der Waals surface area contributed by atoms with Crippen molar-refractivity contribution in [3.8, 4) is 5.75 Å². The van der Waals surface area contributed by atoms with Crippen LogP contribution < -0.4 is 15.8 Å². The third-order valence-electron chi connectivity index (χ3n) is 2.94. The number of carbonyl (C=O) groups excluding carboxylic acids is 2. The molecule has 2 amide bonds. The van der Waals surface area contributed by atoms with Gasteiger partial charge in [-0.25, -0.2) is 4.39 Å². The summed E-state index contributed by atoms with van der Waals surface area (Å²) < 4.78 is 18.6. The molecular weight excluding hydrogens is 287 g/mol. The molecule has 0 aliphatic heterocycles. The van der Waals surface area contributed by atoms with Crippen molar-refractivity contribution in [3.63, 3.8) is 0 Å². The second kappa shape index (κ2) is 7.21. The lowest BCUT2D eigenvalue weighted by Gasteiger charge is -2.08. The predicted molar refractivity (Wildman–Crippen MR) is 78.7 cm³/mol. The van der Waals surface area contributed by atoms with Crippen LogP contribution in [-0.4, -0.2) is 18.4 Å². The van der Waals surface area contributed by atoms with E-state index in [1.54, 1.807) is 30.3 Å². The van der Waals surface area contributed by atoms with Gasteiger partial charge >= 0.3 is 0 Å². The summed E-state index contributed by atoms with van der Waals surface area (Å²) in [6, 6.07) is 12.3. The predicted octanol–water partition coefficient (Wildman–Crippen LogP) is 1.62. The molecule has 0 saturated heterocycles. The minimum absolute atomic E-state index is 0.0927. The third kappa shape index (κ3) is 4.31. The smallest absolute Gasteiger partial charge is 0.258 e. The Morgan fingerprint density at radius 3 is 2.41 bits per heavy atom. The first kappa shape index (κ1) is 15.5. The Morgan fingerprint density at radius 1 is 1.09 bits per heavy atom. The van der Waals surface area contributed by atoms with Crippen LogP contribution in [0.25, 0.3) is 0 Å². The number of nitrogens with one attached hydrogen (secondary N) is 1. The molecule has 0 unspecified atom stereocenters. The molecule has 0 saturated carbocycles. The highest BCUT2D eigenvalue weighted by molar-refractivity contribution is 5.92. The normalized spacial score (nSPS) is 10.0. The van der Waals surface area contributed by atoms with Crippen LogP contribution in [0.3, 0.4) is 0 Å². The number of primary amides is 1. The standard InChI is InChI=1S/C16H15FN2O3/c17-14-4-2-1-3-12(14)9-19-15(20)10-22-13-7-5-11(6-8-13)16(18)21/h1-8H,9-10H2,(H2,18,21)(H,19,20). The molecule has 5 nitrogen and oxygen atoms in total. The van der Waals surface area contributed by atoms with Gasteiger partial charge in [-0.1, -0.05) is 18.2 Å². The molecule has 0 radical (unpaired) electrons. The average molecular weight is 302 g/mol. The Balaban J connectivity index is 1.80. The average Bonchev–Trinajstić information content (AvgIpc) is 2.52. The number of amides is 2. The summed E-state index contributed by atoms with van der Waals surface area (Å²) >= 11 is 0. The molecule has 0 spiro atoms. The van der Waals surface area contributed by atoms with Gasteiger partial charge in [0.05, 0.1) is 0 Å². The summed E-state index contributed by atoms with van der Waals surface area (Å²) in [7, 11) is 0. The highest BCUT2D eigenvalue weighted by atomic mass is 19.1. The molecule has 22 heavy (non-hydrogen) atoms. The summed E-state index contributed by atoms with van der Waals surface area (Å²) in [5.41, 5.74) is 5.88. The number of carbonyl (C=O) groups is 2. The van der Waals surface area contributed by atoms with Gasteiger partial charge in [0.15, 0.2) is 6.61 Å². The van der Waals surface area contributed by atoms with Gasteiger partial charge in [0.25, 0.3) is 5.91 Å². The molecule has 0 atom stereocenters. The number of benzene rings is 2. The third-order valence-corrected chi connectivity index (χ3v) is 2.94. The van der Waals surface area contributed by atoms with Gasteiger partial charge in [-0.15, -0.1) is 0 Å². The Labute approximate surface area is 126 Å². The van der Waals surface area contributed by atoms with Crippen LogP contribution >= 0.6 is 0 Å². The fourth-order valence-corrected chi connectivity index (χ4v) is 1.75. The Kier molecular flexibility index (Phi) is 5.08. The van der Waals surface area contributed by atoms with Gasteiger partial charge in [-0.3, -0.25) is 9.59 Å². The molecule has 0 bridgehead atoms. The van der Waals surface area contributed by atoms with E-state index in [0.29, 0.717) is 16.9 Å². The maximum absolute atomic E-state index is 13.4. The van der Waals surface area contributed by atoms with Crippen LogP contribution in [0.15, 0.2) is 48.5 Å².